The summed E-state index contributed by atoms with van der Waals surface area (Å²) in [5.74, 6) is 2.14. The molecule has 2 aliphatic rings. The smallest absolute Gasteiger partial charge is 0.385 e. The van der Waals surface area contributed by atoms with E-state index >= 15 is 0 Å². The summed E-state index contributed by atoms with van der Waals surface area (Å²) >= 11 is 1.91. The fourth-order valence-corrected chi connectivity index (χ4v) is 3.87. The van der Waals surface area contributed by atoms with Gasteiger partial charge in [0.05, 0.1) is 5.56 Å². The molecule has 1 saturated heterocycles. The molecule has 0 aliphatic carbocycles. The van der Waals surface area contributed by atoms with Crippen LogP contribution < -0.4 is 5.32 Å². The summed E-state index contributed by atoms with van der Waals surface area (Å²) in [6, 6.07) is 4.19. The van der Waals surface area contributed by atoms with Crippen LogP contribution in [0.3, 0.4) is 0 Å². The normalized spacial score (nSPS) is 24.1. The zero-order valence-electron chi connectivity index (χ0n) is 11.0. The van der Waals surface area contributed by atoms with Crippen molar-refractivity contribution in [2.45, 2.75) is 18.6 Å². The molecule has 6 heteroatoms. The van der Waals surface area contributed by atoms with Crippen molar-refractivity contribution in [2.75, 3.05) is 36.5 Å². The minimum absolute atomic E-state index is 0.120. The van der Waals surface area contributed by atoms with Gasteiger partial charge in [-0.05, 0) is 30.2 Å². The van der Waals surface area contributed by atoms with Crippen molar-refractivity contribution in [2.24, 2.45) is 0 Å². The van der Waals surface area contributed by atoms with Crippen LogP contribution in [0.4, 0.5) is 18.9 Å². The molecule has 110 valence electrons. The highest BCUT2D eigenvalue weighted by Gasteiger charge is 2.34. The maximum atomic E-state index is 12.9. The van der Waals surface area contributed by atoms with Crippen LogP contribution in [0.1, 0.15) is 23.6 Å². The van der Waals surface area contributed by atoms with Crippen LogP contribution in [-0.2, 0) is 6.18 Å². The number of nitrogens with zero attached hydrogens (tertiary/aromatic N) is 1. The largest absolute Gasteiger partial charge is 0.416 e. The summed E-state index contributed by atoms with van der Waals surface area (Å²) in [5, 5.41) is 3.21. The third kappa shape index (κ3) is 2.76. The van der Waals surface area contributed by atoms with Gasteiger partial charge in [-0.25, -0.2) is 0 Å². The molecule has 3 rings (SSSR count). The van der Waals surface area contributed by atoms with Gasteiger partial charge in [-0.3, -0.25) is 4.90 Å². The van der Waals surface area contributed by atoms with E-state index in [0.717, 1.165) is 48.8 Å². The summed E-state index contributed by atoms with van der Waals surface area (Å²) in [7, 11) is 0. The third-order valence-corrected chi connectivity index (χ3v) is 4.90. The number of hydrogen-bond donors (Lipinski definition) is 1. The molecular formula is C14H17F3N2S. The number of thioether (sulfide) groups is 1. The highest BCUT2D eigenvalue weighted by molar-refractivity contribution is 7.99. The maximum absolute atomic E-state index is 12.9. The molecule has 2 heterocycles. The van der Waals surface area contributed by atoms with E-state index in [1.165, 1.54) is 12.1 Å². The fraction of sp³-hybridized carbons (Fsp3) is 0.571. The minimum atomic E-state index is -4.27. The Kier molecular flexibility index (Phi) is 3.86. The highest BCUT2D eigenvalue weighted by Crippen LogP contribution is 2.39. The Bertz CT molecular complexity index is 484. The maximum Gasteiger partial charge on any atom is 0.416 e. The van der Waals surface area contributed by atoms with Gasteiger partial charge in [0.25, 0.3) is 0 Å². The minimum Gasteiger partial charge on any atom is -0.385 e. The number of hydrogen-bond acceptors (Lipinski definition) is 3. The van der Waals surface area contributed by atoms with Gasteiger partial charge in [0.1, 0.15) is 0 Å². The van der Waals surface area contributed by atoms with Crippen LogP contribution in [-0.4, -0.2) is 36.0 Å². The van der Waals surface area contributed by atoms with Crippen LogP contribution >= 0.6 is 11.8 Å². The third-order valence-electron chi connectivity index (χ3n) is 3.96. The van der Waals surface area contributed by atoms with Gasteiger partial charge >= 0.3 is 6.18 Å². The van der Waals surface area contributed by atoms with Crippen LogP contribution in [0.25, 0.3) is 0 Å². The molecule has 2 nitrogen and oxygen atoms in total. The van der Waals surface area contributed by atoms with Crippen molar-refractivity contribution in [3.8, 4) is 0 Å². The number of halogens is 3. The first-order valence-corrected chi connectivity index (χ1v) is 7.98. The second-order valence-corrected chi connectivity index (χ2v) is 6.40. The van der Waals surface area contributed by atoms with Gasteiger partial charge in [-0.15, -0.1) is 0 Å². The predicted octanol–water partition coefficient (Wildman–Crippen LogP) is 3.61. The average molecular weight is 302 g/mol. The summed E-state index contributed by atoms with van der Waals surface area (Å²) in [5.41, 5.74) is 1.11. The Hall–Kier alpha value is -0.880. The number of fused-ring (bicyclic) bond motifs is 1. The van der Waals surface area contributed by atoms with Crippen molar-refractivity contribution < 1.29 is 13.2 Å². The molecule has 1 atom stereocenters. The number of benzene rings is 1. The molecule has 0 aromatic heterocycles. The number of anilines is 1. The van der Waals surface area contributed by atoms with Crippen molar-refractivity contribution in [1.29, 1.82) is 0 Å². The lowest BCUT2D eigenvalue weighted by atomic mass is 9.94. The van der Waals surface area contributed by atoms with E-state index in [1.54, 1.807) is 6.07 Å². The topological polar surface area (TPSA) is 15.3 Å². The highest BCUT2D eigenvalue weighted by atomic mass is 32.2. The van der Waals surface area contributed by atoms with Crippen molar-refractivity contribution >= 4 is 17.4 Å². The first-order valence-electron chi connectivity index (χ1n) is 6.82. The molecule has 1 aromatic rings. The molecule has 1 N–H and O–H groups in total. The molecule has 0 bridgehead atoms. The molecule has 1 fully saturated rings. The number of rotatable bonds is 1. The quantitative estimate of drug-likeness (QED) is 0.853. The van der Waals surface area contributed by atoms with Crippen LogP contribution in [0, 0.1) is 0 Å². The zero-order chi connectivity index (χ0) is 14.2. The van der Waals surface area contributed by atoms with Gasteiger partial charge in [-0.1, -0.05) is 0 Å². The Labute approximate surface area is 120 Å². The summed E-state index contributed by atoms with van der Waals surface area (Å²) in [6.45, 7) is 2.75. The second-order valence-electron chi connectivity index (χ2n) is 5.18. The lowest BCUT2D eigenvalue weighted by Gasteiger charge is -2.38. The summed E-state index contributed by atoms with van der Waals surface area (Å²) in [6.07, 6.45) is -3.40. The van der Waals surface area contributed by atoms with Crippen molar-refractivity contribution in [3.63, 3.8) is 0 Å². The van der Waals surface area contributed by atoms with Crippen LogP contribution in [0.5, 0.6) is 0 Å². The molecule has 1 aromatic carbocycles. The average Bonchev–Trinajstić information content (AvgIpc) is 2.46. The first-order chi connectivity index (χ1) is 9.55. The predicted molar refractivity (Wildman–Crippen MR) is 76.2 cm³/mol. The zero-order valence-corrected chi connectivity index (χ0v) is 11.9. The molecule has 20 heavy (non-hydrogen) atoms. The Balaban J connectivity index is 1.93. The Morgan fingerprint density at radius 2 is 1.95 bits per heavy atom. The first kappa shape index (κ1) is 14.1. The van der Waals surface area contributed by atoms with E-state index in [9.17, 15) is 13.2 Å². The standard InChI is InChI=1S/C14H17F3N2S/c15-14(16,17)10-1-2-12-11(9-10)13(3-4-18-12)19-5-7-20-8-6-19/h1-2,9,13,18H,3-8H2. The molecular weight excluding hydrogens is 285 g/mol. The van der Waals surface area contributed by atoms with Gasteiger partial charge in [0, 0.05) is 42.9 Å². The van der Waals surface area contributed by atoms with Gasteiger partial charge in [-0.2, -0.15) is 24.9 Å². The SMILES string of the molecule is FC(F)(F)c1ccc2c(c1)C(N1CCSCC1)CCN2. The second kappa shape index (κ2) is 5.48. The molecule has 0 radical (unpaired) electrons. The fourth-order valence-electron chi connectivity index (χ4n) is 2.94. The molecule has 1 unspecified atom stereocenters. The van der Waals surface area contributed by atoms with E-state index < -0.39 is 11.7 Å². The van der Waals surface area contributed by atoms with Crippen molar-refractivity contribution in [3.05, 3.63) is 29.3 Å². The molecule has 0 saturated carbocycles. The molecule has 0 spiro atoms. The lowest BCUT2D eigenvalue weighted by molar-refractivity contribution is -0.137. The van der Waals surface area contributed by atoms with Crippen LogP contribution in [0.15, 0.2) is 18.2 Å². The lowest BCUT2D eigenvalue weighted by Crippen LogP contribution is -2.38. The number of nitrogens with one attached hydrogen (secondary N) is 1. The van der Waals surface area contributed by atoms with Gasteiger partial charge < -0.3 is 5.32 Å². The number of alkyl halides is 3. The van der Waals surface area contributed by atoms with Crippen molar-refractivity contribution in [1.82, 2.24) is 4.90 Å². The molecule has 2 aliphatic heterocycles. The van der Waals surface area contributed by atoms with E-state index in [4.69, 9.17) is 0 Å². The summed E-state index contributed by atoms with van der Waals surface area (Å²) in [4.78, 5) is 2.33. The monoisotopic (exact) mass is 302 g/mol. The van der Waals surface area contributed by atoms with Gasteiger partial charge in [0.15, 0.2) is 0 Å². The van der Waals surface area contributed by atoms with Gasteiger partial charge in [0.2, 0.25) is 0 Å². The van der Waals surface area contributed by atoms with E-state index in [0.29, 0.717) is 0 Å². The summed E-state index contributed by atoms with van der Waals surface area (Å²) < 4.78 is 38.7. The Morgan fingerprint density at radius 3 is 2.65 bits per heavy atom. The van der Waals surface area contributed by atoms with Crippen LogP contribution in [0.2, 0.25) is 0 Å². The molecule has 0 amide bonds. The Morgan fingerprint density at radius 1 is 1.20 bits per heavy atom. The van der Waals surface area contributed by atoms with E-state index in [2.05, 4.69) is 10.2 Å². The van der Waals surface area contributed by atoms with E-state index in [-0.39, 0.29) is 6.04 Å². The van der Waals surface area contributed by atoms with E-state index in [1.807, 2.05) is 11.8 Å².